The second-order valence-electron chi connectivity index (χ2n) is 11.8. The molecule has 1 aliphatic heterocycles. The molecule has 3 aliphatic rings. The molecule has 0 aromatic heterocycles. The van der Waals surface area contributed by atoms with E-state index < -0.39 is 120 Å². The van der Waals surface area contributed by atoms with Crippen LogP contribution in [0.1, 0.15) is 25.7 Å². The van der Waals surface area contributed by atoms with E-state index in [9.17, 15) is 52.0 Å². The molecular weight excluding hydrogens is 828 g/mol. The SMILES string of the molecule is O=S(=O)([O-])O[C@@H]([C@H](O)[C@H](O)CO)[C@H](O)C[C+]1C[C@@H](O)[C@H](O)[C@H]1CO.O=S1(=O)OC[C@@H](OP)[C@H]([C@H](OP)[C@@H](COP)OP)O1.OC[C@H]1CC[C@@H](O)[C@@H]1O. The first-order valence-electron chi connectivity index (χ1n) is 15.3. The van der Waals surface area contributed by atoms with E-state index in [-0.39, 0.29) is 38.1 Å². The van der Waals surface area contributed by atoms with Gasteiger partial charge in [0.15, 0.2) is 5.92 Å². The van der Waals surface area contributed by atoms with Crippen molar-refractivity contribution in [3.63, 3.8) is 0 Å². The van der Waals surface area contributed by atoms with Crippen LogP contribution in [-0.4, -0.2) is 179 Å². The summed E-state index contributed by atoms with van der Waals surface area (Å²) in [6, 6.07) is 0. The number of aliphatic hydroxyl groups excluding tert-OH is 10. The highest BCUT2D eigenvalue weighted by Crippen LogP contribution is 2.38. The van der Waals surface area contributed by atoms with E-state index in [1.165, 1.54) is 0 Å². The van der Waals surface area contributed by atoms with Gasteiger partial charge in [-0.1, -0.05) is 0 Å². The summed E-state index contributed by atoms with van der Waals surface area (Å²) in [7, 11) is -1.21. The van der Waals surface area contributed by atoms with Crippen LogP contribution >= 0.6 is 37.9 Å². The van der Waals surface area contributed by atoms with Crippen LogP contribution < -0.4 is 0 Å². The zero-order valence-corrected chi connectivity index (χ0v) is 33.7. The van der Waals surface area contributed by atoms with Crippen molar-refractivity contribution in [3.8, 4) is 0 Å². The van der Waals surface area contributed by atoms with Crippen molar-refractivity contribution >= 4 is 58.7 Å². The second-order valence-corrected chi connectivity index (χ2v) is 15.2. The van der Waals surface area contributed by atoms with Gasteiger partial charge in [-0.05, 0) is 12.8 Å². The Balaban J connectivity index is 0.000000427. The lowest BCUT2D eigenvalue weighted by Crippen LogP contribution is -2.53. The molecule has 1 saturated heterocycles. The lowest BCUT2D eigenvalue weighted by Gasteiger charge is -2.36. The zero-order valence-electron chi connectivity index (χ0n) is 27.4. The first-order valence-corrected chi connectivity index (χ1v) is 19.8. The Kier molecular flexibility index (Phi) is 23.9. The van der Waals surface area contributed by atoms with Crippen molar-refractivity contribution in [2.75, 3.05) is 33.0 Å². The van der Waals surface area contributed by atoms with Crippen molar-refractivity contribution in [1.29, 1.82) is 0 Å². The second kappa shape index (κ2) is 24.5. The molecule has 0 amide bonds. The van der Waals surface area contributed by atoms with Gasteiger partial charge >= 0.3 is 10.4 Å². The van der Waals surface area contributed by atoms with Crippen LogP contribution in [0, 0.1) is 17.8 Å². The predicted molar refractivity (Wildman–Crippen MR) is 186 cm³/mol. The van der Waals surface area contributed by atoms with Crippen molar-refractivity contribution in [1.82, 2.24) is 0 Å². The Morgan fingerprint density at radius 3 is 1.96 bits per heavy atom. The predicted octanol–water partition coefficient (Wildman–Crippen LogP) is -5.30. The smallest absolute Gasteiger partial charge is 0.400 e. The van der Waals surface area contributed by atoms with E-state index in [2.05, 4.69) is 27.3 Å². The van der Waals surface area contributed by atoms with E-state index >= 15 is 0 Å². The summed E-state index contributed by atoms with van der Waals surface area (Å²) in [4.78, 5) is 0. The number of hydrogen-bond donors (Lipinski definition) is 10. The van der Waals surface area contributed by atoms with Crippen LogP contribution in [0.15, 0.2) is 0 Å². The minimum atomic E-state index is -5.35. The van der Waals surface area contributed by atoms with Gasteiger partial charge < -0.3 is 73.7 Å². The van der Waals surface area contributed by atoms with Crippen LogP contribution in [0.3, 0.4) is 0 Å². The first kappa shape index (κ1) is 50.8. The van der Waals surface area contributed by atoms with E-state index in [1.807, 2.05) is 18.9 Å². The van der Waals surface area contributed by atoms with Crippen molar-refractivity contribution in [2.24, 2.45) is 11.8 Å². The first-order chi connectivity index (χ1) is 24.3. The van der Waals surface area contributed by atoms with Gasteiger partial charge in [0.25, 0.3) is 0 Å². The molecule has 22 nitrogen and oxygen atoms in total. The fourth-order valence-electron chi connectivity index (χ4n) is 5.50. The fourth-order valence-corrected chi connectivity index (χ4v) is 7.86. The molecule has 0 spiro atoms. The zero-order chi connectivity index (χ0) is 40.0. The maximum atomic E-state index is 11.4. The molecule has 2 saturated carbocycles. The fraction of sp³-hybridized carbons (Fsp3) is 0.958. The van der Waals surface area contributed by atoms with E-state index in [1.54, 1.807) is 0 Å². The maximum absolute atomic E-state index is 11.4. The molecule has 4 unspecified atom stereocenters. The molecule has 310 valence electrons. The minimum Gasteiger partial charge on any atom is -0.726 e. The Morgan fingerprint density at radius 1 is 0.904 bits per heavy atom. The lowest BCUT2D eigenvalue weighted by molar-refractivity contribution is -0.106. The quantitative estimate of drug-likeness (QED) is 0.0282. The molecule has 0 radical (unpaired) electrons. The highest BCUT2D eigenvalue weighted by molar-refractivity contribution is 7.82. The Hall–Kier alpha value is 0.770. The van der Waals surface area contributed by atoms with Gasteiger partial charge in [-0.2, -0.15) is 8.42 Å². The van der Waals surface area contributed by atoms with Gasteiger partial charge in [0.1, 0.15) is 79.8 Å². The maximum Gasteiger partial charge on any atom is 0.400 e. The number of hydrogen-bond acceptors (Lipinski definition) is 22. The third kappa shape index (κ3) is 16.0. The highest BCUT2D eigenvalue weighted by atomic mass is 32.3. The largest absolute Gasteiger partial charge is 0.726 e. The molecule has 2 aliphatic carbocycles. The molecule has 52 heavy (non-hydrogen) atoms. The minimum absolute atomic E-state index is 0.0156. The Bertz CT molecular complexity index is 1210. The molecule has 0 aromatic carbocycles. The van der Waals surface area contributed by atoms with Gasteiger partial charge in [-0.3, -0.25) is 4.18 Å². The normalized spacial score (nSPS) is 32.4. The van der Waals surface area contributed by atoms with Crippen molar-refractivity contribution < 1.29 is 103 Å². The van der Waals surface area contributed by atoms with Crippen molar-refractivity contribution in [3.05, 3.63) is 5.92 Å². The third-order valence-electron chi connectivity index (χ3n) is 8.37. The van der Waals surface area contributed by atoms with Gasteiger partial charge in [0, 0.05) is 50.4 Å². The summed E-state index contributed by atoms with van der Waals surface area (Å²) in [6.07, 6.45) is -13.8. The lowest BCUT2D eigenvalue weighted by atomic mass is 9.87. The van der Waals surface area contributed by atoms with Crippen LogP contribution in [-0.2, 0) is 51.4 Å². The van der Waals surface area contributed by atoms with Gasteiger partial charge in [-0.15, -0.1) is 0 Å². The summed E-state index contributed by atoms with van der Waals surface area (Å²) in [5.41, 5.74) is 0. The Morgan fingerprint density at radius 2 is 1.54 bits per heavy atom. The summed E-state index contributed by atoms with van der Waals surface area (Å²) in [5, 5.41) is 93.1. The summed E-state index contributed by atoms with van der Waals surface area (Å²) in [6.45, 7) is -1.57. The Labute approximate surface area is 310 Å². The summed E-state index contributed by atoms with van der Waals surface area (Å²) < 4.78 is 88.7. The average Bonchev–Trinajstić information content (AvgIpc) is 3.56. The standard InChI is InChI=1S/C12H22O11S.C6H16O8P4S.C6H12O3/c13-3-6-5(1-7(15)10(6)18)2-8(16)12(23-24(20,21)22)11(19)9(17)4-14;7-19(8)10-2-4(12-17)6(14-19)5(13-18)3(11-16)1-9-15;7-3-4-1-2-5(8)6(4)9/h6-19H,1-4H2;3-6H,1-2,15-18H2;4-9H,1-3H2/t6-,7+,8+,9+,10+,11+,12+;3-,4-,5-,6-;4-,5-,6-/m011/s1. The van der Waals surface area contributed by atoms with Gasteiger partial charge in [0.2, 0.25) is 10.4 Å². The number of rotatable bonds is 17. The molecule has 28 heteroatoms. The third-order valence-corrected chi connectivity index (χ3v) is 10.9. The number of aliphatic hydroxyl groups is 10. The molecule has 18 atom stereocenters. The molecule has 3 fully saturated rings. The van der Waals surface area contributed by atoms with Gasteiger partial charge in [-0.25, -0.2) is 16.8 Å². The van der Waals surface area contributed by atoms with Crippen LogP contribution in [0.25, 0.3) is 0 Å². The van der Waals surface area contributed by atoms with Crippen LogP contribution in [0.5, 0.6) is 0 Å². The molecule has 0 bridgehead atoms. The monoisotopic (exact) mass is 878 g/mol. The van der Waals surface area contributed by atoms with E-state index in [4.69, 9.17) is 42.7 Å². The molecule has 1 heterocycles. The topological polar surface area (TPSA) is 358 Å². The molecule has 3 rings (SSSR count). The molecular formula is C24H50O22P4S2. The van der Waals surface area contributed by atoms with E-state index in [0.29, 0.717) is 6.42 Å². The van der Waals surface area contributed by atoms with Crippen LogP contribution in [0.2, 0.25) is 0 Å². The summed E-state index contributed by atoms with van der Waals surface area (Å²) in [5.74, 6) is -0.716. The molecule has 10 N–H and O–H groups in total. The highest BCUT2D eigenvalue weighted by Gasteiger charge is 2.52. The van der Waals surface area contributed by atoms with Crippen molar-refractivity contribution in [2.45, 2.75) is 98.9 Å². The summed E-state index contributed by atoms with van der Waals surface area (Å²) >= 11 is 0. The molecule has 0 aromatic rings. The van der Waals surface area contributed by atoms with Crippen LogP contribution in [0.4, 0.5) is 0 Å². The average molecular weight is 879 g/mol. The van der Waals surface area contributed by atoms with E-state index in [0.717, 1.165) is 6.42 Å². The van der Waals surface area contributed by atoms with Gasteiger partial charge in [0.05, 0.1) is 38.6 Å².